The Morgan fingerprint density at radius 2 is 1.41 bits per heavy atom. The van der Waals surface area contributed by atoms with E-state index in [9.17, 15) is 38.7 Å². The fraction of sp³-hybridized carbons (Fsp3) is 0.448. The second-order valence-corrected chi connectivity index (χ2v) is 21.3. The fourth-order valence-electron chi connectivity index (χ4n) is 11.0. The Kier molecular flexibility index (Phi) is 16.0. The van der Waals surface area contributed by atoms with Gasteiger partial charge in [0.15, 0.2) is 5.60 Å². The Bertz CT molecular complexity index is 3070. The van der Waals surface area contributed by atoms with Crippen molar-refractivity contribution in [3.8, 4) is 22.5 Å². The van der Waals surface area contributed by atoms with Crippen molar-refractivity contribution in [2.45, 2.75) is 143 Å². The lowest BCUT2D eigenvalue weighted by molar-refractivity contribution is -0.172. The molecule has 75 heavy (non-hydrogen) atoms. The normalized spacial score (nSPS) is 16.9. The first-order valence-corrected chi connectivity index (χ1v) is 26.1. The molecule has 5 aromatic rings. The minimum absolute atomic E-state index is 0.0151. The Labute approximate surface area is 437 Å². The number of hydrogen-bond acceptors (Lipinski definition) is 11. The molecular weight excluding hydrogens is 955 g/mol. The van der Waals surface area contributed by atoms with Gasteiger partial charge in [0.05, 0.1) is 35.6 Å². The topological polar surface area (TPSA) is 227 Å². The molecule has 17 heteroatoms. The summed E-state index contributed by atoms with van der Waals surface area (Å²) in [6, 6.07) is 21.4. The number of hydrogen-bond donors (Lipinski definition) is 5. The van der Waals surface area contributed by atoms with Gasteiger partial charge in [-0.05, 0) is 105 Å². The van der Waals surface area contributed by atoms with Crippen molar-refractivity contribution in [1.29, 1.82) is 0 Å². The number of nitrogens with one attached hydrogen (secondary N) is 4. The van der Waals surface area contributed by atoms with Gasteiger partial charge in [0.2, 0.25) is 23.6 Å². The molecule has 0 spiro atoms. The standard InChI is InChI=1S/C58H69N7O10/c1-10-58(73)46-26-49-51-43(28-64(49)55(70)45(46)30-74-56(58)71)42(41-21-15-16-22-47(41)62-51)25-36(23-31(2)3)65(33(6)7)50(66)27-59-54(69)48(24-32(4)5)63-53(68)34(8)60-52(67)35(9)61-57(72)75-29-44-39-19-13-11-17-37(39)38-18-12-14-20-40(38)44/h11-22,26,31-36,44,48,73H,10,23-25,27-30H2,1-9H3,(H,59,69)(H,60,67)(H,61,72)(H,63,68)/t34-,35-,36-,48-,58-/m0/s1. The van der Waals surface area contributed by atoms with Crippen LogP contribution in [0.3, 0.4) is 0 Å². The van der Waals surface area contributed by atoms with E-state index in [0.29, 0.717) is 29.7 Å². The first-order valence-electron chi connectivity index (χ1n) is 26.1. The lowest BCUT2D eigenvalue weighted by atomic mass is 9.86. The molecule has 2 aromatic heterocycles. The molecule has 5 N–H and O–H groups in total. The Morgan fingerprint density at radius 1 is 0.800 bits per heavy atom. The zero-order valence-electron chi connectivity index (χ0n) is 44.2. The van der Waals surface area contributed by atoms with E-state index in [0.717, 1.165) is 38.8 Å². The van der Waals surface area contributed by atoms with Gasteiger partial charge in [-0.25, -0.2) is 14.6 Å². The number of aliphatic hydroxyl groups is 1. The molecule has 0 saturated heterocycles. The maximum Gasteiger partial charge on any atom is 0.407 e. The van der Waals surface area contributed by atoms with Gasteiger partial charge in [-0.15, -0.1) is 0 Å². The molecule has 0 unspecified atom stereocenters. The van der Waals surface area contributed by atoms with Crippen LogP contribution in [0.1, 0.15) is 121 Å². The molecular formula is C58H69N7O10. The SMILES string of the molecule is CC[C@@]1(O)C(=O)OCc2c1cc1n(c2=O)Cc2c-1nc1ccccc1c2C[C@H](CC(C)C)N(C(=O)CNC(=O)[C@H](CC(C)C)NC(=O)[C@H](C)NC(=O)[C@H](C)NC(=O)OCC1c2ccccc2-c2ccccc21)C(C)C. The highest BCUT2D eigenvalue weighted by Gasteiger charge is 2.46. The lowest BCUT2D eigenvalue weighted by Gasteiger charge is -2.37. The predicted octanol–water partition coefficient (Wildman–Crippen LogP) is 6.35. The number of benzene rings is 3. The van der Waals surface area contributed by atoms with Gasteiger partial charge in [-0.3, -0.25) is 24.0 Å². The number of carbonyl (C=O) groups is 6. The van der Waals surface area contributed by atoms with Crippen LogP contribution in [0.2, 0.25) is 0 Å². The van der Waals surface area contributed by atoms with E-state index >= 15 is 0 Å². The average Bonchev–Trinajstić information content (AvgIpc) is 3.91. The predicted molar refractivity (Wildman–Crippen MR) is 283 cm³/mol. The van der Waals surface area contributed by atoms with E-state index in [1.165, 1.54) is 13.8 Å². The minimum Gasteiger partial charge on any atom is -0.458 e. The second-order valence-electron chi connectivity index (χ2n) is 21.3. The van der Waals surface area contributed by atoms with Gasteiger partial charge < -0.3 is 45.3 Å². The number of rotatable bonds is 19. The smallest absolute Gasteiger partial charge is 0.407 e. The van der Waals surface area contributed by atoms with Gasteiger partial charge in [0.25, 0.3) is 5.56 Å². The lowest BCUT2D eigenvalue weighted by Crippen LogP contribution is -2.56. The van der Waals surface area contributed by atoms with E-state index in [-0.39, 0.29) is 91.6 Å². The quantitative estimate of drug-likeness (QED) is 0.0562. The van der Waals surface area contributed by atoms with Crippen LogP contribution in [-0.2, 0) is 58.6 Å². The van der Waals surface area contributed by atoms with Crippen LogP contribution in [0.4, 0.5) is 4.79 Å². The summed E-state index contributed by atoms with van der Waals surface area (Å²) in [6.45, 7) is 16.1. The van der Waals surface area contributed by atoms with Crippen molar-refractivity contribution >= 4 is 46.6 Å². The molecule has 5 amide bonds. The molecule has 4 heterocycles. The molecule has 2 aliphatic heterocycles. The number of alkyl carbamates (subject to hydrolysis) is 1. The Morgan fingerprint density at radius 3 is 2.05 bits per heavy atom. The number of esters is 1. The van der Waals surface area contributed by atoms with E-state index in [1.807, 2.05) is 100 Å². The van der Waals surface area contributed by atoms with Crippen molar-refractivity contribution in [2.75, 3.05) is 13.2 Å². The highest BCUT2D eigenvalue weighted by Crippen LogP contribution is 2.45. The summed E-state index contributed by atoms with van der Waals surface area (Å²) >= 11 is 0. The number of fused-ring (bicyclic) bond motifs is 8. The Balaban J connectivity index is 0.922. The zero-order chi connectivity index (χ0) is 54.0. The van der Waals surface area contributed by atoms with Crippen molar-refractivity contribution in [3.05, 3.63) is 123 Å². The molecule has 1 aliphatic carbocycles. The third-order valence-corrected chi connectivity index (χ3v) is 14.7. The molecule has 8 rings (SSSR count). The van der Waals surface area contributed by atoms with Crippen LogP contribution in [-0.4, -0.2) is 98.6 Å². The van der Waals surface area contributed by atoms with Crippen LogP contribution in [0.25, 0.3) is 33.4 Å². The largest absolute Gasteiger partial charge is 0.458 e. The minimum atomic E-state index is -1.98. The maximum absolute atomic E-state index is 14.5. The number of para-hydroxylation sites is 1. The maximum atomic E-state index is 14.5. The van der Waals surface area contributed by atoms with E-state index in [4.69, 9.17) is 14.5 Å². The van der Waals surface area contributed by atoms with Crippen LogP contribution in [0.15, 0.2) is 83.7 Å². The number of carbonyl (C=O) groups excluding carboxylic acids is 6. The third-order valence-electron chi connectivity index (χ3n) is 14.7. The van der Waals surface area contributed by atoms with Crippen molar-refractivity contribution in [3.63, 3.8) is 0 Å². The number of nitrogens with zero attached hydrogens (tertiary/aromatic N) is 3. The zero-order valence-corrected chi connectivity index (χ0v) is 44.2. The van der Waals surface area contributed by atoms with Crippen molar-refractivity contribution in [2.24, 2.45) is 11.8 Å². The summed E-state index contributed by atoms with van der Waals surface area (Å²) in [5.41, 5.74) is 5.81. The van der Waals surface area contributed by atoms with Crippen molar-refractivity contribution < 1.29 is 43.3 Å². The second kappa shape index (κ2) is 22.2. The summed E-state index contributed by atoms with van der Waals surface area (Å²) < 4.78 is 12.5. The van der Waals surface area contributed by atoms with Crippen molar-refractivity contribution in [1.82, 2.24) is 35.7 Å². The average molecular weight is 1020 g/mol. The first-order chi connectivity index (χ1) is 35.7. The van der Waals surface area contributed by atoms with E-state index in [2.05, 4.69) is 35.1 Å². The molecule has 17 nitrogen and oxygen atoms in total. The fourth-order valence-corrected chi connectivity index (χ4v) is 11.0. The van der Waals surface area contributed by atoms with Gasteiger partial charge >= 0.3 is 12.1 Å². The molecule has 0 saturated carbocycles. The Hall–Kier alpha value is -7.40. The number of amides is 5. The van der Waals surface area contributed by atoms with Crippen LogP contribution < -0.4 is 26.8 Å². The number of cyclic esters (lactones) is 1. The van der Waals surface area contributed by atoms with E-state index in [1.54, 1.807) is 22.5 Å². The summed E-state index contributed by atoms with van der Waals surface area (Å²) in [4.78, 5) is 102. The van der Waals surface area contributed by atoms with Crippen LogP contribution >= 0.6 is 0 Å². The van der Waals surface area contributed by atoms with E-state index < -0.39 is 53.5 Å². The molecule has 0 fully saturated rings. The molecule has 0 radical (unpaired) electrons. The molecule has 5 atom stereocenters. The number of pyridine rings is 2. The highest BCUT2D eigenvalue weighted by molar-refractivity contribution is 5.95. The molecule has 3 aliphatic rings. The summed E-state index contributed by atoms with van der Waals surface area (Å²) in [6.07, 6.45) is 0.460. The monoisotopic (exact) mass is 1020 g/mol. The van der Waals surface area contributed by atoms with Gasteiger partial charge in [0, 0.05) is 34.5 Å². The molecule has 0 bridgehead atoms. The van der Waals surface area contributed by atoms with Gasteiger partial charge in [-0.1, -0.05) is 101 Å². The molecule has 396 valence electrons. The summed E-state index contributed by atoms with van der Waals surface area (Å²) in [5, 5.41) is 23.1. The first kappa shape index (κ1) is 53.9. The van der Waals surface area contributed by atoms with Gasteiger partial charge in [0.1, 0.15) is 31.3 Å². The van der Waals surface area contributed by atoms with Gasteiger partial charge in [-0.2, -0.15) is 0 Å². The number of ether oxygens (including phenoxy) is 2. The van der Waals surface area contributed by atoms with Crippen LogP contribution in [0.5, 0.6) is 0 Å². The summed E-state index contributed by atoms with van der Waals surface area (Å²) in [5.74, 6) is -3.02. The molecule has 3 aromatic carbocycles. The third kappa shape index (κ3) is 10.9. The number of aromatic nitrogens is 2. The highest BCUT2D eigenvalue weighted by atomic mass is 16.6. The van der Waals surface area contributed by atoms with Crippen LogP contribution in [0, 0.1) is 11.8 Å². The summed E-state index contributed by atoms with van der Waals surface area (Å²) in [7, 11) is 0.